The van der Waals surface area contributed by atoms with E-state index >= 15 is 0 Å². The molecule has 1 N–H and O–H groups in total. The second kappa shape index (κ2) is 11.6. The van der Waals surface area contributed by atoms with Gasteiger partial charge in [-0.05, 0) is 19.3 Å². The summed E-state index contributed by atoms with van der Waals surface area (Å²) < 4.78 is 35.8. The molecule has 5 nitrogen and oxygen atoms in total. The normalized spacial score (nSPS) is 12.8. The molecule has 0 aliphatic carbocycles. The zero-order valence-corrected chi connectivity index (χ0v) is 13.1. The van der Waals surface area contributed by atoms with Crippen molar-refractivity contribution in [3.8, 4) is 0 Å². The molecule has 7 heteroatoms. The Labute approximate surface area is 125 Å². The Morgan fingerprint density at radius 1 is 1.35 bits per heavy atom. The summed E-state index contributed by atoms with van der Waals surface area (Å²) in [5, 5.41) is 9.11. The van der Waals surface area contributed by atoms with Crippen LogP contribution < -0.4 is 29.6 Å². The van der Waals surface area contributed by atoms with Crippen LogP contribution in [0.4, 0.5) is 0 Å². The maximum Gasteiger partial charge on any atom is 1.00 e. The fourth-order valence-corrected chi connectivity index (χ4v) is 1.74. The van der Waals surface area contributed by atoms with E-state index in [4.69, 9.17) is 9.84 Å². The van der Waals surface area contributed by atoms with E-state index in [1.54, 1.807) is 0 Å². The van der Waals surface area contributed by atoms with Crippen molar-refractivity contribution in [2.75, 3.05) is 19.0 Å². The molecule has 96 valence electrons. The number of hydrogen-bond acceptors (Lipinski definition) is 5. The molecule has 0 aromatic heterocycles. The van der Waals surface area contributed by atoms with Gasteiger partial charge in [-0.1, -0.05) is 12.5 Å². The number of aliphatic hydroxyl groups excluding tert-OH is 1. The fourth-order valence-electron chi connectivity index (χ4n) is 1.17. The van der Waals surface area contributed by atoms with Crippen LogP contribution in [-0.4, -0.2) is 43.1 Å². The minimum Gasteiger partial charge on any atom is -0.748 e. The summed E-state index contributed by atoms with van der Waals surface area (Å²) in [5.41, 5.74) is 0. The number of ether oxygens (including phenoxy) is 1. The van der Waals surface area contributed by atoms with Crippen LogP contribution in [0.3, 0.4) is 0 Å². The molecule has 0 spiro atoms. The predicted molar refractivity (Wildman–Crippen MR) is 60.1 cm³/mol. The molecule has 0 amide bonds. The van der Waals surface area contributed by atoms with Gasteiger partial charge in [0.1, 0.15) is 0 Å². The van der Waals surface area contributed by atoms with Crippen LogP contribution in [-0.2, 0) is 14.9 Å². The molecule has 1 unspecified atom stereocenters. The smallest absolute Gasteiger partial charge is 0.748 e. The van der Waals surface area contributed by atoms with Gasteiger partial charge in [-0.3, -0.25) is 0 Å². The Morgan fingerprint density at radius 3 is 2.53 bits per heavy atom. The summed E-state index contributed by atoms with van der Waals surface area (Å²) in [4.78, 5) is 0. The van der Waals surface area contributed by atoms with E-state index in [1.165, 1.54) is 0 Å². The number of hydrogen-bond donors (Lipinski definition) is 1. The minimum absolute atomic E-state index is 0. The van der Waals surface area contributed by atoms with Gasteiger partial charge >= 0.3 is 29.6 Å². The van der Waals surface area contributed by atoms with Gasteiger partial charge in [0.25, 0.3) is 0 Å². The first-order valence-electron chi connectivity index (χ1n) is 5.26. The summed E-state index contributed by atoms with van der Waals surface area (Å²) in [7, 11) is -4.37. The second-order valence-electron chi connectivity index (χ2n) is 3.59. The van der Waals surface area contributed by atoms with Gasteiger partial charge in [-0.15, -0.1) is 6.58 Å². The molecule has 0 aliphatic rings. The van der Waals surface area contributed by atoms with Crippen molar-refractivity contribution in [2.24, 2.45) is 0 Å². The predicted octanol–water partition coefficient (Wildman–Crippen LogP) is -2.34. The standard InChI is InChI=1S/C10H20O5S.Na/c1-2-3-4-5-6-7-15-8-10(11)9-16(12,13)14;/h2,10-11H,1,3-9H2,(H,12,13,14);/q;+1/p-1. The van der Waals surface area contributed by atoms with Crippen LogP contribution in [0, 0.1) is 0 Å². The Hall–Kier alpha value is 0.570. The molecule has 0 heterocycles. The van der Waals surface area contributed by atoms with E-state index in [2.05, 4.69) is 6.58 Å². The molecule has 0 aromatic carbocycles. The average molecular weight is 274 g/mol. The Bertz CT molecular complexity index is 278. The van der Waals surface area contributed by atoms with Crippen LogP contribution in [0.5, 0.6) is 0 Å². The first kappa shape index (κ1) is 19.9. The maximum atomic E-state index is 10.3. The molecular weight excluding hydrogens is 255 g/mol. The van der Waals surface area contributed by atoms with Crippen molar-refractivity contribution < 1.29 is 52.4 Å². The van der Waals surface area contributed by atoms with E-state index < -0.39 is 22.0 Å². The summed E-state index contributed by atoms with van der Waals surface area (Å²) in [6.07, 6.45) is 4.49. The van der Waals surface area contributed by atoms with Gasteiger partial charge in [0.2, 0.25) is 0 Å². The minimum atomic E-state index is -4.37. The third-order valence-electron chi connectivity index (χ3n) is 1.90. The maximum absolute atomic E-state index is 10.3. The topological polar surface area (TPSA) is 86.7 Å². The molecule has 0 fully saturated rings. The first-order chi connectivity index (χ1) is 7.45. The van der Waals surface area contributed by atoms with Crippen LogP contribution in [0.25, 0.3) is 0 Å². The van der Waals surface area contributed by atoms with E-state index in [9.17, 15) is 13.0 Å². The average Bonchev–Trinajstić information content (AvgIpc) is 2.13. The van der Waals surface area contributed by atoms with Crippen molar-refractivity contribution in [3.63, 3.8) is 0 Å². The molecule has 1 atom stereocenters. The van der Waals surface area contributed by atoms with Crippen molar-refractivity contribution in [3.05, 3.63) is 12.7 Å². The van der Waals surface area contributed by atoms with Crippen LogP contribution in [0.15, 0.2) is 12.7 Å². The van der Waals surface area contributed by atoms with Crippen LogP contribution in [0.2, 0.25) is 0 Å². The van der Waals surface area contributed by atoms with Gasteiger partial charge < -0.3 is 14.4 Å². The molecular formula is C10H19NaO5S. The Morgan fingerprint density at radius 2 is 2.00 bits per heavy atom. The van der Waals surface area contributed by atoms with E-state index in [0.717, 1.165) is 25.7 Å². The second-order valence-corrected chi connectivity index (χ2v) is 5.04. The monoisotopic (exact) mass is 274 g/mol. The third-order valence-corrected chi connectivity index (χ3v) is 2.70. The van der Waals surface area contributed by atoms with Gasteiger partial charge in [0.05, 0.1) is 28.6 Å². The largest absolute Gasteiger partial charge is 1.00 e. The number of rotatable bonds is 10. The van der Waals surface area contributed by atoms with Crippen molar-refractivity contribution in [1.29, 1.82) is 0 Å². The van der Waals surface area contributed by atoms with Gasteiger partial charge in [-0.25, -0.2) is 8.42 Å². The molecule has 0 radical (unpaired) electrons. The SMILES string of the molecule is C=CCCCCCOCC(O)CS(=O)(=O)[O-].[Na+]. The van der Waals surface area contributed by atoms with Crippen molar-refractivity contribution in [2.45, 2.75) is 31.8 Å². The zero-order chi connectivity index (χ0) is 12.4. The fraction of sp³-hybridized carbons (Fsp3) is 0.800. The molecule has 17 heavy (non-hydrogen) atoms. The first-order valence-corrected chi connectivity index (χ1v) is 6.83. The van der Waals surface area contributed by atoms with E-state index in [0.29, 0.717) is 6.61 Å². The summed E-state index contributed by atoms with van der Waals surface area (Å²) in [6, 6.07) is 0. The molecule has 0 aliphatic heterocycles. The molecule has 0 saturated heterocycles. The molecule has 0 saturated carbocycles. The van der Waals surface area contributed by atoms with Gasteiger partial charge in [0, 0.05) is 6.61 Å². The van der Waals surface area contributed by atoms with Crippen molar-refractivity contribution >= 4 is 10.1 Å². The van der Waals surface area contributed by atoms with Crippen LogP contribution in [0.1, 0.15) is 25.7 Å². The molecule has 0 bridgehead atoms. The van der Waals surface area contributed by atoms with Crippen LogP contribution >= 0.6 is 0 Å². The Balaban J connectivity index is 0. The van der Waals surface area contributed by atoms with Gasteiger partial charge in [-0.2, -0.15) is 0 Å². The number of allylic oxidation sites excluding steroid dienone is 1. The van der Waals surface area contributed by atoms with Gasteiger partial charge in [0.15, 0.2) is 0 Å². The summed E-state index contributed by atoms with van der Waals surface area (Å²) in [5.74, 6) is -0.788. The van der Waals surface area contributed by atoms with E-state index in [-0.39, 0.29) is 36.2 Å². The van der Waals surface area contributed by atoms with Crippen molar-refractivity contribution in [1.82, 2.24) is 0 Å². The quantitative estimate of drug-likeness (QED) is 0.209. The van der Waals surface area contributed by atoms with E-state index in [1.807, 2.05) is 6.08 Å². The molecule has 0 aromatic rings. The zero-order valence-electron chi connectivity index (χ0n) is 10.3. The molecule has 0 rings (SSSR count). The Kier molecular flexibility index (Phi) is 13.6. The third kappa shape index (κ3) is 16.6. The number of aliphatic hydroxyl groups is 1. The summed E-state index contributed by atoms with van der Waals surface area (Å²) >= 11 is 0. The summed E-state index contributed by atoms with van der Waals surface area (Å²) in [6.45, 7) is 3.96. The number of unbranched alkanes of at least 4 members (excludes halogenated alkanes) is 3.